The van der Waals surface area contributed by atoms with Gasteiger partial charge in [-0.25, -0.2) is 13.1 Å². The first-order chi connectivity index (χ1) is 16.3. The number of rotatable bonds is 8. The molecule has 1 atom stereocenters. The van der Waals surface area contributed by atoms with Gasteiger partial charge in [0.1, 0.15) is 0 Å². The van der Waals surface area contributed by atoms with Gasteiger partial charge < -0.3 is 4.90 Å². The van der Waals surface area contributed by atoms with E-state index in [9.17, 15) is 18.5 Å². The second-order valence-corrected chi connectivity index (χ2v) is 10.3. The highest BCUT2D eigenvalue weighted by Gasteiger charge is 2.29. The molecule has 0 N–H and O–H groups in total. The lowest BCUT2D eigenvalue weighted by Crippen LogP contribution is -2.48. The molecule has 3 aromatic rings. The van der Waals surface area contributed by atoms with Gasteiger partial charge in [0.25, 0.3) is 5.69 Å². The Morgan fingerprint density at radius 1 is 1.03 bits per heavy atom. The minimum atomic E-state index is -3.60. The third kappa shape index (κ3) is 5.07. The number of tetrazole rings is 1. The summed E-state index contributed by atoms with van der Waals surface area (Å²) in [5.41, 5.74) is 1.99. The van der Waals surface area contributed by atoms with Crippen molar-refractivity contribution >= 4 is 21.2 Å². The van der Waals surface area contributed by atoms with Crippen molar-refractivity contribution in [3.63, 3.8) is 0 Å². The van der Waals surface area contributed by atoms with E-state index in [0.29, 0.717) is 5.82 Å². The zero-order valence-electron chi connectivity index (χ0n) is 19.1. The fraction of sp³-hybridized carbons (Fsp3) is 0.409. The van der Waals surface area contributed by atoms with E-state index >= 15 is 0 Å². The van der Waals surface area contributed by atoms with E-state index in [4.69, 9.17) is 0 Å². The molecule has 1 aliphatic rings. The van der Waals surface area contributed by atoms with Crippen LogP contribution in [0.15, 0.2) is 53.4 Å². The van der Waals surface area contributed by atoms with Gasteiger partial charge in [0.05, 0.1) is 15.9 Å². The number of anilines is 1. The molecule has 2 heterocycles. The molecule has 4 rings (SSSR count). The SMILES string of the molecule is CC[C@H](c1nnnn1CS(=O)(=O)c1ccc(C)cc1)N1CCN(c2ccc([N+](=O)[O-])cc2)CC1. The van der Waals surface area contributed by atoms with E-state index in [0.717, 1.165) is 43.9 Å². The van der Waals surface area contributed by atoms with Gasteiger partial charge in [-0.1, -0.05) is 24.6 Å². The van der Waals surface area contributed by atoms with E-state index < -0.39 is 14.8 Å². The normalized spacial score (nSPS) is 15.9. The Morgan fingerprint density at radius 3 is 2.26 bits per heavy atom. The van der Waals surface area contributed by atoms with Crippen molar-refractivity contribution in [3.8, 4) is 0 Å². The number of hydrogen-bond donors (Lipinski definition) is 0. The fourth-order valence-corrected chi connectivity index (χ4v) is 5.41. The number of nitrogens with zero attached hydrogens (tertiary/aromatic N) is 7. The van der Waals surface area contributed by atoms with Crippen LogP contribution in [-0.2, 0) is 15.7 Å². The molecule has 12 heteroatoms. The van der Waals surface area contributed by atoms with E-state index in [1.165, 1.54) is 16.8 Å². The molecule has 180 valence electrons. The second-order valence-electron chi connectivity index (χ2n) is 8.31. The predicted molar refractivity (Wildman–Crippen MR) is 126 cm³/mol. The summed E-state index contributed by atoms with van der Waals surface area (Å²) in [6.45, 7) is 6.86. The third-order valence-electron chi connectivity index (χ3n) is 6.10. The molecule has 1 fully saturated rings. The average molecular weight is 486 g/mol. The fourth-order valence-electron chi connectivity index (χ4n) is 4.20. The van der Waals surface area contributed by atoms with Crippen LogP contribution in [0.25, 0.3) is 0 Å². The molecule has 0 unspecified atom stereocenters. The lowest BCUT2D eigenvalue weighted by molar-refractivity contribution is -0.384. The van der Waals surface area contributed by atoms with Crippen molar-refractivity contribution in [2.75, 3.05) is 31.1 Å². The number of nitro benzene ring substituents is 1. The minimum absolute atomic E-state index is 0.0702. The average Bonchev–Trinajstić information content (AvgIpc) is 3.27. The molecule has 0 bridgehead atoms. The molecule has 1 aromatic heterocycles. The summed E-state index contributed by atoms with van der Waals surface area (Å²) in [5.74, 6) is 0.208. The molecular formula is C22H27N7O4S. The highest BCUT2D eigenvalue weighted by atomic mass is 32.2. The number of non-ortho nitro benzene ring substituents is 1. The lowest BCUT2D eigenvalue weighted by atomic mass is 10.1. The number of aromatic nitrogens is 4. The van der Waals surface area contributed by atoms with Crippen LogP contribution >= 0.6 is 0 Å². The van der Waals surface area contributed by atoms with E-state index in [2.05, 4.69) is 25.3 Å². The van der Waals surface area contributed by atoms with E-state index in [1.807, 2.05) is 13.8 Å². The molecule has 0 saturated carbocycles. The molecular weight excluding hydrogens is 458 g/mol. The molecule has 0 aliphatic carbocycles. The summed E-state index contributed by atoms with van der Waals surface area (Å²) in [5, 5.41) is 22.8. The molecule has 1 aliphatic heterocycles. The van der Waals surface area contributed by atoms with Crippen LogP contribution in [0.2, 0.25) is 0 Å². The topological polar surface area (TPSA) is 127 Å². The standard InChI is InChI=1S/C22H27N7O4S/c1-3-21(27-14-12-26(13-15-27)18-6-8-19(9-7-18)29(30)31)22-23-24-25-28(22)16-34(32,33)20-10-4-17(2)5-11-20/h4-11,21H,3,12-16H2,1-2H3/t21-/m1/s1. The minimum Gasteiger partial charge on any atom is -0.369 e. The highest BCUT2D eigenvalue weighted by molar-refractivity contribution is 7.90. The first kappa shape index (κ1) is 23.8. The van der Waals surface area contributed by atoms with Crippen molar-refractivity contribution < 1.29 is 13.3 Å². The Kier molecular flexibility index (Phi) is 6.89. The Bertz CT molecular complexity index is 1240. The van der Waals surface area contributed by atoms with Gasteiger partial charge in [-0.3, -0.25) is 15.0 Å². The Balaban J connectivity index is 1.45. The largest absolute Gasteiger partial charge is 0.369 e. The van der Waals surface area contributed by atoms with Crippen LogP contribution < -0.4 is 4.90 Å². The molecule has 2 aromatic carbocycles. The molecule has 0 radical (unpaired) electrons. The van der Waals surface area contributed by atoms with Gasteiger partial charge in [0.2, 0.25) is 0 Å². The Hall–Kier alpha value is -3.38. The van der Waals surface area contributed by atoms with Crippen molar-refractivity contribution in [3.05, 3.63) is 70.0 Å². The van der Waals surface area contributed by atoms with Gasteiger partial charge in [-0.2, -0.15) is 0 Å². The van der Waals surface area contributed by atoms with Crippen molar-refractivity contribution in [1.82, 2.24) is 25.1 Å². The summed E-state index contributed by atoms with van der Waals surface area (Å²) < 4.78 is 27.3. The van der Waals surface area contributed by atoms with Gasteiger partial charge in [0, 0.05) is 44.0 Å². The van der Waals surface area contributed by atoms with Crippen LogP contribution in [-0.4, -0.2) is 64.6 Å². The number of nitro groups is 1. The number of aryl methyl sites for hydroxylation is 1. The van der Waals surface area contributed by atoms with Crippen molar-refractivity contribution in [2.45, 2.75) is 37.1 Å². The number of sulfone groups is 1. The van der Waals surface area contributed by atoms with Crippen LogP contribution in [0.3, 0.4) is 0 Å². The van der Waals surface area contributed by atoms with Crippen LogP contribution in [0.4, 0.5) is 11.4 Å². The van der Waals surface area contributed by atoms with Gasteiger partial charge in [-0.05, 0) is 48.0 Å². The van der Waals surface area contributed by atoms with Crippen LogP contribution in [0, 0.1) is 17.0 Å². The maximum Gasteiger partial charge on any atom is 0.269 e. The van der Waals surface area contributed by atoms with Gasteiger partial charge >= 0.3 is 0 Å². The van der Waals surface area contributed by atoms with Crippen LogP contribution in [0.1, 0.15) is 30.8 Å². The second kappa shape index (κ2) is 9.85. The quantitative estimate of drug-likeness (QED) is 0.349. The molecule has 1 saturated heterocycles. The lowest BCUT2D eigenvalue weighted by Gasteiger charge is -2.39. The van der Waals surface area contributed by atoms with Crippen LogP contribution in [0.5, 0.6) is 0 Å². The summed E-state index contributed by atoms with van der Waals surface area (Å²) >= 11 is 0. The van der Waals surface area contributed by atoms with Gasteiger partial charge in [0.15, 0.2) is 21.5 Å². The molecule has 34 heavy (non-hydrogen) atoms. The Labute approximate surface area is 198 Å². The summed E-state index contributed by atoms with van der Waals surface area (Å²) in [6, 6.07) is 13.2. The zero-order valence-corrected chi connectivity index (χ0v) is 19.9. The highest BCUT2D eigenvalue weighted by Crippen LogP contribution is 2.27. The molecule has 11 nitrogen and oxygen atoms in total. The van der Waals surface area contributed by atoms with E-state index in [1.54, 1.807) is 36.4 Å². The number of benzene rings is 2. The first-order valence-corrected chi connectivity index (χ1v) is 12.7. The molecule has 0 spiro atoms. The third-order valence-corrected chi connectivity index (χ3v) is 7.67. The monoisotopic (exact) mass is 485 g/mol. The van der Waals surface area contributed by atoms with Gasteiger partial charge in [-0.15, -0.1) is 5.10 Å². The first-order valence-electron chi connectivity index (χ1n) is 11.1. The molecule has 0 amide bonds. The van der Waals surface area contributed by atoms with Crippen molar-refractivity contribution in [2.24, 2.45) is 0 Å². The number of piperazine rings is 1. The number of hydrogen-bond acceptors (Lipinski definition) is 9. The van der Waals surface area contributed by atoms with Crippen molar-refractivity contribution in [1.29, 1.82) is 0 Å². The summed E-state index contributed by atoms with van der Waals surface area (Å²) in [6.07, 6.45) is 0.725. The maximum atomic E-state index is 12.9. The van der Waals surface area contributed by atoms with E-state index in [-0.39, 0.29) is 22.5 Å². The Morgan fingerprint density at radius 2 is 1.68 bits per heavy atom. The predicted octanol–water partition coefficient (Wildman–Crippen LogP) is 2.59. The zero-order chi connectivity index (χ0) is 24.3. The summed E-state index contributed by atoms with van der Waals surface area (Å²) in [4.78, 5) is 15.2. The maximum absolute atomic E-state index is 12.9. The smallest absolute Gasteiger partial charge is 0.269 e. The summed E-state index contributed by atoms with van der Waals surface area (Å²) in [7, 11) is -3.60.